The Bertz CT molecular complexity index is 332. The lowest BCUT2D eigenvalue weighted by molar-refractivity contribution is 0.0302. The topological polar surface area (TPSA) is 49.7 Å². The molecule has 0 amide bonds. The number of ether oxygens (including phenoxy) is 1. The zero-order valence-corrected chi connectivity index (χ0v) is 8.91. The third kappa shape index (κ3) is 2.59. The van der Waals surface area contributed by atoms with E-state index in [9.17, 15) is 14.6 Å². The highest BCUT2D eigenvalue weighted by Gasteiger charge is 2.22. The zero-order valence-electron chi connectivity index (χ0n) is 8.15. The van der Waals surface area contributed by atoms with Gasteiger partial charge in [0.1, 0.15) is 6.10 Å². The van der Waals surface area contributed by atoms with E-state index in [1.165, 1.54) is 25.3 Å². The Balaban J connectivity index is 3.03. The summed E-state index contributed by atoms with van der Waals surface area (Å²) < 4.78 is 18.3. The van der Waals surface area contributed by atoms with Gasteiger partial charge in [0.05, 0.1) is 19.1 Å². The molecule has 0 saturated heterocycles. The lowest BCUT2D eigenvalue weighted by Gasteiger charge is -2.17. The van der Waals surface area contributed by atoms with E-state index in [1.54, 1.807) is 0 Å². The summed E-state index contributed by atoms with van der Waals surface area (Å²) in [5, 5.41) is 18.8. The number of methoxy groups -OCH3 is 1. The Morgan fingerprint density at radius 2 is 2.13 bits per heavy atom. The number of aliphatic hydroxyl groups excluding tert-OH is 2. The van der Waals surface area contributed by atoms with E-state index in [4.69, 9.17) is 16.3 Å². The fourth-order valence-electron chi connectivity index (χ4n) is 1.21. The second-order valence-corrected chi connectivity index (χ2v) is 3.34. The van der Waals surface area contributed by atoms with Gasteiger partial charge in [0.15, 0.2) is 11.6 Å². The lowest BCUT2D eigenvalue weighted by Crippen LogP contribution is -2.20. The molecule has 0 bridgehead atoms. The Morgan fingerprint density at radius 3 is 2.67 bits per heavy atom. The van der Waals surface area contributed by atoms with Crippen LogP contribution in [0.4, 0.5) is 4.39 Å². The molecule has 0 spiro atoms. The first kappa shape index (κ1) is 12.2. The van der Waals surface area contributed by atoms with E-state index in [0.717, 1.165) is 0 Å². The first-order chi connectivity index (χ1) is 7.11. The van der Waals surface area contributed by atoms with Crippen molar-refractivity contribution in [2.45, 2.75) is 12.2 Å². The fraction of sp³-hybridized carbons (Fsp3) is 0.400. The van der Waals surface area contributed by atoms with Gasteiger partial charge >= 0.3 is 0 Å². The number of benzene rings is 1. The Hall–Kier alpha value is -0.840. The summed E-state index contributed by atoms with van der Waals surface area (Å²) in [7, 11) is 1.33. The van der Waals surface area contributed by atoms with Crippen LogP contribution in [0.1, 0.15) is 11.7 Å². The Labute approximate surface area is 92.1 Å². The summed E-state index contributed by atoms with van der Waals surface area (Å²) in [4.78, 5) is 0. The van der Waals surface area contributed by atoms with Crippen LogP contribution in [0, 0.1) is 5.82 Å². The molecule has 1 rings (SSSR count). The van der Waals surface area contributed by atoms with Gasteiger partial charge in [0.2, 0.25) is 0 Å². The lowest BCUT2D eigenvalue weighted by atomic mass is 10.0. The molecule has 3 nitrogen and oxygen atoms in total. The predicted molar refractivity (Wildman–Crippen MR) is 54.6 cm³/mol. The summed E-state index contributed by atoms with van der Waals surface area (Å²) in [5.41, 5.74) is -0.0255. The van der Waals surface area contributed by atoms with Gasteiger partial charge in [-0.2, -0.15) is 0 Å². The normalized spacial score (nSPS) is 14.7. The van der Waals surface area contributed by atoms with Gasteiger partial charge in [0.25, 0.3) is 0 Å². The average molecular weight is 235 g/mol. The van der Waals surface area contributed by atoms with Gasteiger partial charge in [-0.25, -0.2) is 4.39 Å². The number of aliphatic hydroxyl groups is 2. The molecule has 2 atom stereocenters. The summed E-state index contributed by atoms with van der Waals surface area (Å²) >= 11 is 5.36. The molecule has 0 saturated carbocycles. The first-order valence-corrected chi connectivity index (χ1v) is 4.89. The van der Waals surface area contributed by atoms with E-state index in [1.807, 2.05) is 0 Å². The van der Waals surface area contributed by atoms with Crippen molar-refractivity contribution in [3.63, 3.8) is 0 Å². The molecule has 1 aromatic rings. The van der Waals surface area contributed by atoms with Crippen molar-refractivity contribution >= 4 is 11.6 Å². The van der Waals surface area contributed by atoms with Crippen LogP contribution < -0.4 is 4.74 Å². The van der Waals surface area contributed by atoms with Crippen molar-refractivity contribution in [2.75, 3.05) is 13.0 Å². The molecule has 0 fully saturated rings. The minimum atomic E-state index is -1.35. The molecule has 0 aliphatic rings. The van der Waals surface area contributed by atoms with Gasteiger partial charge in [-0.1, -0.05) is 12.1 Å². The standard InChI is InChI=1S/C10H12ClFO3/c1-15-8-4-2-3-6(9(8)12)10(14)7(13)5-11/h2-4,7,10,13-14H,5H2,1H3. The molecule has 2 N–H and O–H groups in total. The molecule has 0 aliphatic carbocycles. The van der Waals surface area contributed by atoms with Gasteiger partial charge in [-0.3, -0.25) is 0 Å². The number of hydrogen-bond donors (Lipinski definition) is 2. The van der Waals surface area contributed by atoms with E-state index in [0.29, 0.717) is 0 Å². The smallest absolute Gasteiger partial charge is 0.170 e. The zero-order chi connectivity index (χ0) is 11.4. The van der Waals surface area contributed by atoms with Gasteiger partial charge in [-0.05, 0) is 6.07 Å². The quantitative estimate of drug-likeness (QED) is 0.776. The second kappa shape index (κ2) is 5.30. The van der Waals surface area contributed by atoms with Crippen LogP contribution in [-0.4, -0.2) is 29.3 Å². The highest BCUT2D eigenvalue weighted by molar-refractivity contribution is 6.18. The molecular formula is C10H12ClFO3. The third-order valence-electron chi connectivity index (χ3n) is 2.05. The van der Waals surface area contributed by atoms with Crippen LogP contribution in [0.2, 0.25) is 0 Å². The van der Waals surface area contributed by atoms with Crippen LogP contribution in [-0.2, 0) is 0 Å². The van der Waals surface area contributed by atoms with E-state index >= 15 is 0 Å². The molecule has 84 valence electrons. The van der Waals surface area contributed by atoms with Crippen molar-refractivity contribution in [1.82, 2.24) is 0 Å². The Morgan fingerprint density at radius 1 is 1.47 bits per heavy atom. The summed E-state index contributed by atoms with van der Waals surface area (Å²) in [6.45, 7) is 0. The number of halogens is 2. The maximum Gasteiger partial charge on any atom is 0.170 e. The SMILES string of the molecule is COc1cccc(C(O)C(O)CCl)c1F. The molecule has 0 radical (unpaired) electrons. The molecule has 0 aromatic heterocycles. The molecule has 5 heteroatoms. The molecule has 2 unspecified atom stereocenters. The summed E-state index contributed by atoms with van der Waals surface area (Å²) in [5.74, 6) is -0.831. The van der Waals surface area contributed by atoms with Crippen LogP contribution in [0.15, 0.2) is 18.2 Å². The molecule has 15 heavy (non-hydrogen) atoms. The fourth-order valence-corrected chi connectivity index (χ4v) is 1.37. The van der Waals surface area contributed by atoms with Crippen LogP contribution in [0.3, 0.4) is 0 Å². The van der Waals surface area contributed by atoms with Crippen LogP contribution in [0.5, 0.6) is 5.75 Å². The highest BCUT2D eigenvalue weighted by atomic mass is 35.5. The Kier molecular flexibility index (Phi) is 4.32. The minimum Gasteiger partial charge on any atom is -0.494 e. The van der Waals surface area contributed by atoms with Crippen molar-refractivity contribution < 1.29 is 19.3 Å². The maximum absolute atomic E-state index is 13.6. The summed E-state index contributed by atoms with van der Waals surface area (Å²) in [6.07, 6.45) is -2.55. The first-order valence-electron chi connectivity index (χ1n) is 4.36. The molecule has 1 aromatic carbocycles. The second-order valence-electron chi connectivity index (χ2n) is 3.03. The number of rotatable bonds is 4. The molecular weight excluding hydrogens is 223 g/mol. The van der Waals surface area contributed by atoms with Gasteiger partial charge in [-0.15, -0.1) is 11.6 Å². The van der Waals surface area contributed by atoms with Crippen molar-refractivity contribution in [3.05, 3.63) is 29.6 Å². The van der Waals surface area contributed by atoms with Crippen molar-refractivity contribution in [2.24, 2.45) is 0 Å². The minimum absolute atomic E-state index is 0.0216. The monoisotopic (exact) mass is 234 g/mol. The van der Waals surface area contributed by atoms with Crippen molar-refractivity contribution in [3.8, 4) is 5.75 Å². The third-order valence-corrected chi connectivity index (χ3v) is 2.37. The predicted octanol–water partition coefficient (Wildman–Crippen LogP) is 1.47. The number of alkyl halides is 1. The highest BCUT2D eigenvalue weighted by Crippen LogP contribution is 2.27. The number of hydrogen-bond acceptors (Lipinski definition) is 3. The van der Waals surface area contributed by atoms with E-state index in [-0.39, 0.29) is 17.2 Å². The summed E-state index contributed by atoms with van der Waals surface area (Å²) in [6, 6.07) is 4.33. The van der Waals surface area contributed by atoms with Crippen molar-refractivity contribution in [1.29, 1.82) is 0 Å². The average Bonchev–Trinajstić information content (AvgIpc) is 2.27. The van der Waals surface area contributed by atoms with Gasteiger partial charge in [0, 0.05) is 5.56 Å². The van der Waals surface area contributed by atoms with Gasteiger partial charge < -0.3 is 14.9 Å². The maximum atomic E-state index is 13.6. The largest absolute Gasteiger partial charge is 0.494 e. The molecule has 0 heterocycles. The van der Waals surface area contributed by atoms with Crippen LogP contribution >= 0.6 is 11.6 Å². The molecule has 0 aliphatic heterocycles. The van der Waals surface area contributed by atoms with E-state index in [2.05, 4.69) is 0 Å². The van der Waals surface area contributed by atoms with E-state index < -0.39 is 18.0 Å². The van der Waals surface area contributed by atoms with Crippen LogP contribution in [0.25, 0.3) is 0 Å².